The molecule has 0 aliphatic carbocycles. The maximum Gasteiger partial charge on any atom is 2.00 e. The van der Waals surface area contributed by atoms with Crippen LogP contribution >= 0.6 is 0 Å². The first kappa shape index (κ1) is 53.5. The molecule has 0 N–H and O–H groups in total. The summed E-state index contributed by atoms with van der Waals surface area (Å²) in [6, 6.07) is 0. The van der Waals surface area contributed by atoms with Crippen LogP contribution in [0.15, 0.2) is 0 Å². The second-order valence-corrected chi connectivity index (χ2v) is 0.204. The van der Waals surface area contributed by atoms with E-state index in [0.29, 0.717) is 0 Å². The van der Waals surface area contributed by atoms with Crippen molar-refractivity contribution in [3.05, 3.63) is 7.43 Å². The Hall–Kier alpha value is 0.358. The predicted octanol–water partition coefficient (Wildman–Crippen LogP) is 1.84. The summed E-state index contributed by atoms with van der Waals surface area (Å²) in [5, 5.41) is 0. The number of hydrogen-bond acceptors (Lipinski definition) is 1. The molecule has 0 aliphatic heterocycles. The van der Waals surface area contributed by atoms with Gasteiger partial charge in [-0.1, -0.05) is 14.9 Å². The van der Waals surface area contributed by atoms with Crippen molar-refractivity contribution >= 4 is 6.29 Å². The summed E-state index contributed by atoms with van der Waals surface area (Å²) in [5.74, 6) is 0. The van der Waals surface area contributed by atoms with Gasteiger partial charge < -0.3 is 12.2 Å². The van der Waals surface area contributed by atoms with Crippen molar-refractivity contribution in [3.63, 3.8) is 0 Å². The van der Waals surface area contributed by atoms with Crippen LogP contribution in [0.4, 0.5) is 0 Å². The molecule has 0 bridgehead atoms. The molecule has 0 rings (SSSR count). The smallest absolute Gasteiger partial charge is 0.542 e. The van der Waals surface area contributed by atoms with Crippen molar-refractivity contribution in [2.75, 3.05) is 0 Å². The summed E-state index contributed by atoms with van der Waals surface area (Å²) in [5.41, 5.74) is 0. The van der Waals surface area contributed by atoms with Gasteiger partial charge in [0.05, 0.1) is 0 Å². The molecule has 0 aromatic rings. The van der Waals surface area contributed by atoms with Crippen LogP contribution in [0.2, 0.25) is 0 Å². The third-order valence-corrected chi connectivity index (χ3v) is 0. The van der Waals surface area contributed by atoms with Crippen molar-refractivity contribution in [1.29, 1.82) is 0 Å². The topological polar surface area (TPSA) is 17.1 Å². The zero-order valence-corrected chi connectivity index (χ0v) is 6.25. The Bertz CT molecular complexity index is 15.6. The van der Waals surface area contributed by atoms with Crippen LogP contribution in [0, 0.1) is 7.43 Å². The maximum atomic E-state index is 8.68. The molecule has 0 heterocycles. The van der Waals surface area contributed by atoms with Crippen LogP contribution in [0.5, 0.6) is 0 Å². The van der Waals surface area contributed by atoms with Gasteiger partial charge in [-0.25, -0.2) is 0 Å². The monoisotopic (exact) mass is 274 g/mol. The van der Waals surface area contributed by atoms with Crippen molar-refractivity contribution in [2.24, 2.45) is 0 Å². The molecule has 46 valence electrons. The summed E-state index contributed by atoms with van der Waals surface area (Å²) in [6.45, 7) is 1.32. The first-order valence-electron chi connectivity index (χ1n) is 0.704. The maximum absolute atomic E-state index is 8.68. The number of rotatable bonds is 0. The van der Waals surface area contributed by atoms with Gasteiger partial charge in [-0.15, -0.1) is 0 Å². The van der Waals surface area contributed by atoms with E-state index < -0.39 is 0 Å². The Morgan fingerprint density at radius 3 is 1.29 bits per heavy atom. The second kappa shape index (κ2) is 98.9. The Morgan fingerprint density at radius 1 is 1.29 bits per heavy atom. The fourth-order valence-corrected chi connectivity index (χ4v) is 0. The van der Waals surface area contributed by atoms with Gasteiger partial charge in [-0.3, -0.25) is 6.29 Å². The van der Waals surface area contributed by atoms with Crippen LogP contribution in [0.3, 0.4) is 0 Å². The van der Waals surface area contributed by atoms with Crippen LogP contribution in [-0.4, -0.2) is 6.29 Å². The Kier molecular flexibility index (Phi) is 756. The van der Waals surface area contributed by atoms with Crippen molar-refractivity contribution in [3.8, 4) is 0 Å². The SMILES string of the molecule is C.C.C[C-]=O.[CH3-].[W+2]. The summed E-state index contributed by atoms with van der Waals surface area (Å²) >= 11 is 0. The van der Waals surface area contributed by atoms with Crippen LogP contribution in [0.1, 0.15) is 21.8 Å². The van der Waals surface area contributed by atoms with Gasteiger partial charge in [-0.2, -0.15) is 6.92 Å². The third kappa shape index (κ3) is 941. The molecule has 7 heavy (non-hydrogen) atoms. The first-order valence-corrected chi connectivity index (χ1v) is 0.704. The molecule has 2 heteroatoms. The van der Waals surface area contributed by atoms with E-state index in [0.717, 1.165) is 0 Å². The molecule has 0 fully saturated rings. The van der Waals surface area contributed by atoms with E-state index >= 15 is 0 Å². The summed E-state index contributed by atoms with van der Waals surface area (Å²) < 4.78 is 0. The molecule has 0 radical (unpaired) electrons. The minimum Gasteiger partial charge on any atom is -0.542 e. The van der Waals surface area contributed by atoms with Crippen LogP contribution < -0.4 is 0 Å². The van der Waals surface area contributed by atoms with E-state index in [4.69, 9.17) is 4.79 Å². The molecule has 1 nitrogen and oxygen atoms in total. The molecular weight excluding hydrogens is 260 g/mol. The molecule has 0 atom stereocenters. The van der Waals surface area contributed by atoms with Gasteiger partial charge >= 0.3 is 21.1 Å². The normalized spacial score (nSPS) is 1.86. The molecule has 0 aromatic heterocycles. The molecule has 0 aliphatic rings. The molecule has 0 aromatic carbocycles. The molecule has 0 unspecified atom stereocenters. The molecule has 0 saturated heterocycles. The Morgan fingerprint density at radius 2 is 1.29 bits per heavy atom. The largest absolute Gasteiger partial charge is 2.00 e. The minimum absolute atomic E-state index is 0. The van der Waals surface area contributed by atoms with Crippen molar-refractivity contribution in [1.82, 2.24) is 0 Å². The van der Waals surface area contributed by atoms with Crippen LogP contribution in [0.25, 0.3) is 0 Å². The van der Waals surface area contributed by atoms with Crippen molar-refractivity contribution in [2.45, 2.75) is 21.8 Å². The zero-order chi connectivity index (χ0) is 2.71. The Balaban J connectivity index is -0.00000000333. The van der Waals surface area contributed by atoms with E-state index in [2.05, 4.69) is 0 Å². The quantitative estimate of drug-likeness (QED) is 0.616. The van der Waals surface area contributed by atoms with Gasteiger partial charge in [0.1, 0.15) is 0 Å². The van der Waals surface area contributed by atoms with Gasteiger partial charge in [0.25, 0.3) is 0 Å². The third-order valence-electron chi connectivity index (χ3n) is 0. The minimum atomic E-state index is 0. The van der Waals surface area contributed by atoms with Crippen molar-refractivity contribution < 1.29 is 25.9 Å². The summed E-state index contributed by atoms with van der Waals surface area (Å²) in [4.78, 5) is 8.68. The fourth-order valence-electron chi connectivity index (χ4n) is 0. The van der Waals surface area contributed by atoms with E-state index in [1.807, 2.05) is 0 Å². The van der Waals surface area contributed by atoms with Gasteiger partial charge in [-0.05, 0) is 0 Å². The predicted molar refractivity (Wildman–Crippen MR) is 31.2 cm³/mol. The van der Waals surface area contributed by atoms with E-state index in [1.54, 1.807) is 0 Å². The standard InChI is InChI=1S/C2H3O.2CH4.CH3.W/c1-2-3;;;;/h1H3;2*1H4;1H3;/q-1;;;-1;+2. The summed E-state index contributed by atoms with van der Waals surface area (Å²) in [6.07, 6.45) is 1.50. The average molecular weight is 274 g/mol. The Labute approximate surface area is 61.8 Å². The molecule has 0 spiro atoms. The number of carbonyl (C=O) groups excluding carboxylic acids is 1. The van der Waals surface area contributed by atoms with Gasteiger partial charge in [0.15, 0.2) is 0 Å². The molecular formula is C5H14OW. The van der Waals surface area contributed by atoms with E-state index in [9.17, 15) is 0 Å². The van der Waals surface area contributed by atoms with Gasteiger partial charge in [0.2, 0.25) is 0 Å². The first-order chi connectivity index (χ1) is 1.41. The second-order valence-electron chi connectivity index (χ2n) is 0.204. The van der Waals surface area contributed by atoms with E-state index in [-0.39, 0.29) is 43.3 Å². The fraction of sp³-hybridized carbons (Fsp3) is 0.600. The number of hydrogen-bond donors (Lipinski definition) is 0. The summed E-state index contributed by atoms with van der Waals surface area (Å²) in [7, 11) is 0. The average Bonchev–Trinajstić information content (AvgIpc) is 0.918. The van der Waals surface area contributed by atoms with E-state index in [1.165, 1.54) is 13.2 Å². The van der Waals surface area contributed by atoms with Crippen LogP contribution in [-0.2, 0) is 25.9 Å². The van der Waals surface area contributed by atoms with Gasteiger partial charge in [0, 0.05) is 0 Å². The molecule has 0 amide bonds. The zero-order valence-electron chi connectivity index (χ0n) is 3.32. The molecule has 0 saturated carbocycles.